The molecule has 1 aromatic carbocycles. The molecule has 1 unspecified atom stereocenters. The number of carbonyl (C=O) groups is 1. The maximum absolute atomic E-state index is 11.9. The van der Waals surface area contributed by atoms with E-state index >= 15 is 0 Å². The van der Waals surface area contributed by atoms with Crippen LogP contribution in [0, 0.1) is 5.92 Å². The van der Waals surface area contributed by atoms with Crippen molar-refractivity contribution in [3.63, 3.8) is 0 Å². The van der Waals surface area contributed by atoms with E-state index < -0.39 is 16.8 Å². The van der Waals surface area contributed by atoms with Gasteiger partial charge in [-0.3, -0.25) is 13.3 Å². The van der Waals surface area contributed by atoms with Crippen molar-refractivity contribution < 1.29 is 13.6 Å². The summed E-state index contributed by atoms with van der Waals surface area (Å²) in [5.41, 5.74) is 1.83. The van der Waals surface area contributed by atoms with Crippen molar-refractivity contribution in [2.75, 3.05) is 4.31 Å². The highest BCUT2D eigenvalue weighted by Crippen LogP contribution is 2.43. The summed E-state index contributed by atoms with van der Waals surface area (Å²) in [6.07, 6.45) is 1.70. The number of thiophene rings is 1. The second kappa shape index (κ2) is 7.81. The third-order valence-corrected chi connectivity index (χ3v) is 5.96. The summed E-state index contributed by atoms with van der Waals surface area (Å²) in [5, 5.41) is 0.718. The van der Waals surface area contributed by atoms with Gasteiger partial charge in [0.2, 0.25) is 0 Å². The summed E-state index contributed by atoms with van der Waals surface area (Å²) in [7, 11) is 0. The van der Waals surface area contributed by atoms with Crippen LogP contribution in [0.4, 0.5) is 5.00 Å². The number of aldehydes is 1. The summed E-state index contributed by atoms with van der Waals surface area (Å²) >= 11 is -0.856. The summed E-state index contributed by atoms with van der Waals surface area (Å²) in [5.74, 6) is 0.484. The number of hydrogen-bond acceptors (Lipinski definition) is 4. The van der Waals surface area contributed by atoms with Gasteiger partial charge in [0.25, 0.3) is 0 Å². The molecule has 1 heterocycles. The van der Waals surface area contributed by atoms with E-state index in [4.69, 9.17) is 0 Å². The van der Waals surface area contributed by atoms with Gasteiger partial charge in [-0.25, -0.2) is 0 Å². The fourth-order valence-electron chi connectivity index (χ4n) is 2.63. The SMILES string of the molecule is CC(C)Cc1cc(-c2ccc(C=O)cc2)c(N(S(=O)[O-])C(C)(C)C)s1. The summed E-state index contributed by atoms with van der Waals surface area (Å²) in [6.45, 7) is 9.92. The Balaban J connectivity index is 2.61. The first-order valence-electron chi connectivity index (χ1n) is 8.21. The zero-order chi connectivity index (χ0) is 18.8. The van der Waals surface area contributed by atoms with Crippen molar-refractivity contribution in [3.05, 3.63) is 40.8 Å². The number of nitrogens with zero attached hydrogens (tertiary/aromatic N) is 1. The Bertz CT molecular complexity index is 758. The van der Waals surface area contributed by atoms with Gasteiger partial charge in [0.15, 0.2) is 0 Å². The Morgan fingerprint density at radius 1 is 1.24 bits per heavy atom. The fourth-order valence-corrected chi connectivity index (χ4v) is 5.09. The standard InChI is InChI=1S/C19H25NO3S2/c1-13(2)10-16-11-17(15-8-6-14(12-21)7-9-15)18(24-16)20(25(22)23)19(3,4)5/h6-9,11-13H,10H2,1-5H3,(H,22,23)/p-1. The van der Waals surface area contributed by atoms with E-state index in [1.54, 1.807) is 12.1 Å². The second-order valence-electron chi connectivity index (χ2n) is 7.45. The van der Waals surface area contributed by atoms with E-state index in [1.807, 2.05) is 32.9 Å². The van der Waals surface area contributed by atoms with E-state index in [9.17, 15) is 13.6 Å². The predicted molar refractivity (Wildman–Crippen MR) is 105 cm³/mol. The normalized spacial score (nSPS) is 13.1. The van der Waals surface area contributed by atoms with Crippen molar-refractivity contribution in [2.24, 2.45) is 5.92 Å². The number of carbonyl (C=O) groups excluding carboxylic acids is 1. The number of hydrogen-bond donors (Lipinski definition) is 0. The molecule has 0 amide bonds. The molecule has 0 radical (unpaired) electrons. The van der Waals surface area contributed by atoms with E-state index in [-0.39, 0.29) is 0 Å². The number of rotatable bonds is 6. The van der Waals surface area contributed by atoms with Crippen LogP contribution in [0.25, 0.3) is 11.1 Å². The molecule has 0 saturated heterocycles. The largest absolute Gasteiger partial charge is 0.755 e. The van der Waals surface area contributed by atoms with Gasteiger partial charge in [-0.1, -0.05) is 38.1 Å². The lowest BCUT2D eigenvalue weighted by Gasteiger charge is -2.38. The highest BCUT2D eigenvalue weighted by atomic mass is 32.2. The van der Waals surface area contributed by atoms with Crippen LogP contribution >= 0.6 is 11.3 Å². The Hall–Kier alpha value is -1.50. The van der Waals surface area contributed by atoms with Crippen LogP contribution in [0.3, 0.4) is 0 Å². The lowest BCUT2D eigenvalue weighted by atomic mass is 10.0. The van der Waals surface area contributed by atoms with Gasteiger partial charge in [-0.05, 0) is 44.7 Å². The van der Waals surface area contributed by atoms with Crippen LogP contribution in [-0.4, -0.2) is 20.6 Å². The zero-order valence-electron chi connectivity index (χ0n) is 15.2. The molecule has 6 heteroatoms. The Morgan fingerprint density at radius 2 is 1.84 bits per heavy atom. The van der Waals surface area contributed by atoms with Crippen LogP contribution in [0.15, 0.2) is 30.3 Å². The van der Waals surface area contributed by atoms with E-state index in [2.05, 4.69) is 19.9 Å². The van der Waals surface area contributed by atoms with E-state index in [1.165, 1.54) is 15.6 Å². The van der Waals surface area contributed by atoms with Gasteiger partial charge >= 0.3 is 0 Å². The van der Waals surface area contributed by atoms with Gasteiger partial charge < -0.3 is 4.55 Å². The third-order valence-electron chi connectivity index (χ3n) is 3.67. The van der Waals surface area contributed by atoms with Gasteiger partial charge in [-0.2, -0.15) is 0 Å². The lowest BCUT2D eigenvalue weighted by molar-refractivity contribution is 0.112. The molecule has 0 N–H and O–H groups in total. The van der Waals surface area contributed by atoms with Crippen LogP contribution in [0.1, 0.15) is 49.9 Å². The minimum atomic E-state index is -2.38. The van der Waals surface area contributed by atoms with Gasteiger partial charge in [0.05, 0.1) is 0 Å². The molecule has 4 nitrogen and oxygen atoms in total. The molecule has 2 rings (SSSR count). The highest BCUT2D eigenvalue weighted by molar-refractivity contribution is 7.81. The fraction of sp³-hybridized carbons (Fsp3) is 0.421. The third kappa shape index (κ3) is 4.77. The average molecular weight is 379 g/mol. The molecule has 25 heavy (non-hydrogen) atoms. The molecule has 0 bridgehead atoms. The molecule has 136 valence electrons. The first kappa shape index (κ1) is 19.8. The molecular formula is C19H24NO3S2-. The topological polar surface area (TPSA) is 60.4 Å². The quantitative estimate of drug-likeness (QED) is 0.534. The number of anilines is 1. The first-order valence-corrected chi connectivity index (χ1v) is 10.1. The van der Waals surface area contributed by atoms with Crippen LogP contribution < -0.4 is 4.31 Å². The molecule has 0 aliphatic heterocycles. The molecule has 0 aliphatic carbocycles. The van der Waals surface area contributed by atoms with Crippen molar-refractivity contribution in [3.8, 4) is 11.1 Å². The molecule has 1 atom stereocenters. The average Bonchev–Trinajstić information content (AvgIpc) is 2.87. The van der Waals surface area contributed by atoms with Crippen molar-refractivity contribution in [2.45, 2.75) is 46.6 Å². The molecule has 0 fully saturated rings. The minimum absolute atomic E-state index is 0.484. The second-order valence-corrected chi connectivity index (χ2v) is 9.37. The molecule has 0 aliphatic rings. The lowest BCUT2D eigenvalue weighted by Crippen LogP contribution is -2.42. The Morgan fingerprint density at radius 3 is 2.28 bits per heavy atom. The Labute approximate surface area is 156 Å². The minimum Gasteiger partial charge on any atom is -0.755 e. The first-order chi connectivity index (χ1) is 11.6. The van der Waals surface area contributed by atoms with E-state index in [0.29, 0.717) is 11.5 Å². The summed E-state index contributed by atoms with van der Waals surface area (Å²) in [4.78, 5) is 12.0. The van der Waals surface area contributed by atoms with Crippen LogP contribution in [-0.2, 0) is 17.7 Å². The maximum atomic E-state index is 11.9. The maximum Gasteiger partial charge on any atom is 0.150 e. The molecular weight excluding hydrogens is 354 g/mol. The molecule has 0 spiro atoms. The van der Waals surface area contributed by atoms with Crippen molar-refractivity contribution >= 4 is 33.9 Å². The number of benzene rings is 1. The molecule has 1 aromatic heterocycles. The van der Waals surface area contributed by atoms with E-state index in [0.717, 1.165) is 33.7 Å². The summed E-state index contributed by atoms with van der Waals surface area (Å²) in [6, 6.07) is 9.30. The monoisotopic (exact) mass is 378 g/mol. The van der Waals surface area contributed by atoms with Crippen LogP contribution in [0.5, 0.6) is 0 Å². The predicted octanol–water partition coefficient (Wildman–Crippen LogP) is 4.83. The summed E-state index contributed by atoms with van der Waals surface area (Å²) < 4.78 is 25.3. The zero-order valence-corrected chi connectivity index (χ0v) is 16.9. The van der Waals surface area contributed by atoms with Gasteiger partial charge in [0.1, 0.15) is 11.3 Å². The van der Waals surface area contributed by atoms with Crippen molar-refractivity contribution in [1.82, 2.24) is 0 Å². The smallest absolute Gasteiger partial charge is 0.150 e. The Kier molecular flexibility index (Phi) is 6.19. The highest BCUT2D eigenvalue weighted by Gasteiger charge is 2.27. The molecule has 0 saturated carbocycles. The van der Waals surface area contributed by atoms with Crippen molar-refractivity contribution in [1.29, 1.82) is 0 Å². The van der Waals surface area contributed by atoms with Gasteiger partial charge in [-0.15, -0.1) is 11.3 Å². The van der Waals surface area contributed by atoms with Gasteiger partial charge in [0, 0.05) is 32.8 Å². The molecule has 2 aromatic rings. The van der Waals surface area contributed by atoms with Crippen LogP contribution in [0.2, 0.25) is 0 Å².